The Morgan fingerprint density at radius 3 is 2.76 bits per heavy atom. The monoisotopic (exact) mass is 275 g/mol. The standard InChI is InChI=1S/C12H15Cl2NO2/c1-8(12(16)17)7-15-5-4-9-2-3-10(13)6-11(9)14/h2-3,6,8,15H,4-5,7H2,1H3,(H,16,17). The van der Waals surface area contributed by atoms with E-state index < -0.39 is 5.97 Å². The van der Waals surface area contributed by atoms with Crippen molar-refractivity contribution >= 4 is 29.2 Å². The smallest absolute Gasteiger partial charge is 0.307 e. The fourth-order valence-electron chi connectivity index (χ4n) is 1.35. The highest BCUT2D eigenvalue weighted by molar-refractivity contribution is 6.35. The Bertz CT molecular complexity index is 396. The van der Waals surface area contributed by atoms with Gasteiger partial charge in [-0.25, -0.2) is 0 Å². The number of benzene rings is 1. The lowest BCUT2D eigenvalue weighted by molar-refractivity contribution is -0.140. The molecule has 0 aliphatic rings. The van der Waals surface area contributed by atoms with E-state index in [9.17, 15) is 4.79 Å². The summed E-state index contributed by atoms with van der Waals surface area (Å²) in [6.07, 6.45) is 0.752. The Kier molecular flexibility index (Phi) is 5.75. The highest BCUT2D eigenvalue weighted by Gasteiger charge is 2.09. The van der Waals surface area contributed by atoms with Crippen LogP contribution in [0.1, 0.15) is 12.5 Å². The van der Waals surface area contributed by atoms with Gasteiger partial charge in [-0.15, -0.1) is 0 Å². The molecule has 94 valence electrons. The highest BCUT2D eigenvalue weighted by Crippen LogP contribution is 2.20. The molecule has 0 saturated carbocycles. The summed E-state index contributed by atoms with van der Waals surface area (Å²) in [4.78, 5) is 10.6. The van der Waals surface area contributed by atoms with Crippen LogP contribution in [0.3, 0.4) is 0 Å². The summed E-state index contributed by atoms with van der Waals surface area (Å²) in [6.45, 7) is 2.82. The molecule has 0 bridgehead atoms. The van der Waals surface area contributed by atoms with Gasteiger partial charge in [-0.2, -0.15) is 0 Å². The van der Waals surface area contributed by atoms with Crippen molar-refractivity contribution in [3.8, 4) is 0 Å². The summed E-state index contributed by atoms with van der Waals surface area (Å²) in [5.74, 6) is -1.17. The molecule has 0 heterocycles. The van der Waals surface area contributed by atoms with E-state index in [1.165, 1.54) is 0 Å². The number of hydrogen-bond acceptors (Lipinski definition) is 2. The maximum absolute atomic E-state index is 10.6. The number of hydrogen-bond donors (Lipinski definition) is 2. The Labute approximate surface area is 111 Å². The third-order valence-electron chi connectivity index (χ3n) is 2.46. The van der Waals surface area contributed by atoms with E-state index in [-0.39, 0.29) is 5.92 Å². The summed E-state index contributed by atoms with van der Waals surface area (Å²) in [6, 6.07) is 5.38. The van der Waals surface area contributed by atoms with Gasteiger partial charge in [0.05, 0.1) is 5.92 Å². The first-order valence-electron chi connectivity index (χ1n) is 5.38. The van der Waals surface area contributed by atoms with Gasteiger partial charge < -0.3 is 10.4 Å². The fourth-order valence-corrected chi connectivity index (χ4v) is 1.86. The van der Waals surface area contributed by atoms with E-state index in [0.717, 1.165) is 12.0 Å². The first-order valence-corrected chi connectivity index (χ1v) is 6.13. The molecule has 1 aromatic rings. The van der Waals surface area contributed by atoms with Gasteiger partial charge in [0.15, 0.2) is 0 Å². The van der Waals surface area contributed by atoms with E-state index in [1.807, 2.05) is 6.07 Å². The van der Waals surface area contributed by atoms with Crippen LogP contribution in [0.25, 0.3) is 0 Å². The van der Waals surface area contributed by atoms with Gasteiger partial charge in [-0.1, -0.05) is 36.2 Å². The van der Waals surface area contributed by atoms with Gasteiger partial charge >= 0.3 is 5.97 Å². The van der Waals surface area contributed by atoms with Gasteiger partial charge in [0.1, 0.15) is 0 Å². The second-order valence-corrected chi connectivity index (χ2v) is 4.77. The first kappa shape index (κ1) is 14.3. The maximum Gasteiger partial charge on any atom is 0.307 e. The van der Waals surface area contributed by atoms with Crippen molar-refractivity contribution in [1.82, 2.24) is 5.32 Å². The number of carboxylic acids is 1. The summed E-state index contributed by atoms with van der Waals surface area (Å²) in [7, 11) is 0. The van der Waals surface area contributed by atoms with Crippen LogP contribution in [0.4, 0.5) is 0 Å². The molecule has 3 nitrogen and oxygen atoms in total. The van der Waals surface area contributed by atoms with Crippen molar-refractivity contribution in [1.29, 1.82) is 0 Å². The summed E-state index contributed by atoms with van der Waals surface area (Å²) < 4.78 is 0. The molecule has 0 saturated heterocycles. The number of carboxylic acid groups (broad SMARTS) is 1. The third-order valence-corrected chi connectivity index (χ3v) is 3.05. The third kappa shape index (κ3) is 4.94. The molecule has 2 N–H and O–H groups in total. The van der Waals surface area contributed by atoms with Gasteiger partial charge in [0.25, 0.3) is 0 Å². The van der Waals surface area contributed by atoms with E-state index >= 15 is 0 Å². The highest BCUT2D eigenvalue weighted by atomic mass is 35.5. The predicted molar refractivity (Wildman–Crippen MR) is 69.8 cm³/mol. The molecule has 1 rings (SSSR count). The average Bonchev–Trinajstić information content (AvgIpc) is 2.26. The summed E-state index contributed by atoms with van der Waals surface area (Å²) >= 11 is 11.8. The zero-order valence-corrected chi connectivity index (χ0v) is 11.1. The Hall–Kier alpha value is -0.770. The molecule has 0 radical (unpaired) electrons. The Morgan fingerprint density at radius 1 is 1.47 bits per heavy atom. The molecule has 0 aliphatic carbocycles. The summed E-state index contributed by atoms with van der Waals surface area (Å²) in [5.41, 5.74) is 1.01. The molecule has 17 heavy (non-hydrogen) atoms. The van der Waals surface area contributed by atoms with Crippen LogP contribution in [0.5, 0.6) is 0 Å². The molecule has 5 heteroatoms. The average molecular weight is 276 g/mol. The largest absolute Gasteiger partial charge is 0.481 e. The van der Waals surface area contributed by atoms with Gasteiger partial charge in [-0.05, 0) is 30.7 Å². The zero-order chi connectivity index (χ0) is 12.8. The lowest BCUT2D eigenvalue weighted by Crippen LogP contribution is -2.27. The number of aliphatic carboxylic acids is 1. The minimum atomic E-state index is -0.790. The molecule has 0 amide bonds. The van der Waals surface area contributed by atoms with Crippen molar-refractivity contribution < 1.29 is 9.90 Å². The van der Waals surface area contributed by atoms with Crippen molar-refractivity contribution in [2.75, 3.05) is 13.1 Å². The molecule has 1 unspecified atom stereocenters. The number of carbonyl (C=O) groups is 1. The lowest BCUT2D eigenvalue weighted by Gasteiger charge is -2.09. The van der Waals surface area contributed by atoms with E-state index in [4.69, 9.17) is 28.3 Å². The first-order chi connectivity index (χ1) is 8.00. The topological polar surface area (TPSA) is 49.3 Å². The van der Waals surface area contributed by atoms with Crippen LogP contribution < -0.4 is 5.32 Å². The molecule has 0 aliphatic heterocycles. The van der Waals surface area contributed by atoms with Crippen LogP contribution in [0, 0.1) is 5.92 Å². The Balaban J connectivity index is 2.34. The van der Waals surface area contributed by atoms with Crippen LogP contribution >= 0.6 is 23.2 Å². The predicted octanol–water partition coefficient (Wildman–Crippen LogP) is 2.85. The minimum absolute atomic E-state index is 0.379. The van der Waals surface area contributed by atoms with Crippen LogP contribution in [0.2, 0.25) is 10.0 Å². The van der Waals surface area contributed by atoms with Crippen molar-refractivity contribution in [3.63, 3.8) is 0 Å². The molecule has 0 aromatic heterocycles. The normalized spacial score (nSPS) is 12.4. The zero-order valence-electron chi connectivity index (χ0n) is 9.54. The molecule has 0 spiro atoms. The molecular weight excluding hydrogens is 261 g/mol. The van der Waals surface area contributed by atoms with Gasteiger partial charge in [-0.3, -0.25) is 4.79 Å². The Morgan fingerprint density at radius 2 is 2.18 bits per heavy atom. The fraction of sp³-hybridized carbons (Fsp3) is 0.417. The van der Waals surface area contributed by atoms with Crippen LogP contribution in [-0.4, -0.2) is 24.2 Å². The number of nitrogens with one attached hydrogen (secondary N) is 1. The second kappa shape index (κ2) is 6.84. The molecule has 0 fully saturated rings. The van der Waals surface area contributed by atoms with Crippen LogP contribution in [-0.2, 0) is 11.2 Å². The number of halogens is 2. The van der Waals surface area contributed by atoms with Crippen molar-refractivity contribution in [2.45, 2.75) is 13.3 Å². The minimum Gasteiger partial charge on any atom is -0.481 e. The molecule has 1 aromatic carbocycles. The number of rotatable bonds is 6. The van der Waals surface area contributed by atoms with E-state index in [1.54, 1.807) is 19.1 Å². The van der Waals surface area contributed by atoms with E-state index in [2.05, 4.69) is 5.32 Å². The SMILES string of the molecule is CC(CNCCc1ccc(Cl)cc1Cl)C(=O)O. The van der Waals surface area contributed by atoms with Gasteiger partial charge in [0.2, 0.25) is 0 Å². The molecular formula is C12H15Cl2NO2. The summed E-state index contributed by atoms with van der Waals surface area (Å²) in [5, 5.41) is 13.0. The molecule has 1 atom stereocenters. The quantitative estimate of drug-likeness (QED) is 0.785. The van der Waals surface area contributed by atoms with Crippen LogP contribution in [0.15, 0.2) is 18.2 Å². The maximum atomic E-state index is 10.6. The van der Waals surface area contributed by atoms with E-state index in [0.29, 0.717) is 23.1 Å². The van der Waals surface area contributed by atoms with Crippen molar-refractivity contribution in [3.05, 3.63) is 33.8 Å². The van der Waals surface area contributed by atoms with Crippen molar-refractivity contribution in [2.24, 2.45) is 5.92 Å². The lowest BCUT2D eigenvalue weighted by atomic mass is 10.1. The van der Waals surface area contributed by atoms with Gasteiger partial charge in [0, 0.05) is 16.6 Å². The second-order valence-electron chi connectivity index (χ2n) is 3.93.